The predicted molar refractivity (Wildman–Crippen MR) is 107 cm³/mol. The highest BCUT2D eigenvalue weighted by Crippen LogP contribution is 2.32. The zero-order chi connectivity index (χ0) is 20.4. The van der Waals surface area contributed by atoms with Crippen molar-refractivity contribution in [1.82, 2.24) is 9.88 Å². The number of rotatable bonds is 5. The van der Waals surface area contributed by atoms with E-state index in [4.69, 9.17) is 9.47 Å². The van der Waals surface area contributed by atoms with Crippen molar-refractivity contribution in [3.63, 3.8) is 0 Å². The number of halogens is 2. The predicted octanol–water partition coefficient (Wildman–Crippen LogP) is 4.66. The second kappa shape index (κ2) is 8.32. The van der Waals surface area contributed by atoms with Crippen LogP contribution in [0.5, 0.6) is 10.9 Å². The number of aromatic nitrogens is 1. The Morgan fingerprint density at radius 2 is 2.00 bits per heavy atom. The third-order valence-corrected chi connectivity index (χ3v) is 5.70. The standard InChI is InChI=1S/C21H20F2N2O3S/c1-2-27-17-6-4-3-5-15(17)20(26)25-9-7-14(8-10-25)28-21-24-19-16(23)11-13(22)12-18(19)29-21/h3-6,11-12,14H,2,7-10H2,1H3. The molecule has 29 heavy (non-hydrogen) atoms. The van der Waals surface area contributed by atoms with Crippen molar-refractivity contribution in [3.05, 3.63) is 53.6 Å². The molecular formula is C21H20F2N2O3S. The molecule has 1 aromatic heterocycles. The zero-order valence-corrected chi connectivity index (χ0v) is 16.7. The number of carbonyl (C=O) groups is 1. The van der Waals surface area contributed by atoms with Crippen molar-refractivity contribution in [2.75, 3.05) is 19.7 Å². The lowest BCUT2D eigenvalue weighted by atomic mass is 10.1. The molecule has 0 atom stereocenters. The van der Waals surface area contributed by atoms with E-state index in [1.165, 1.54) is 6.07 Å². The molecule has 0 radical (unpaired) electrons. The molecule has 0 aliphatic carbocycles. The molecule has 152 valence electrons. The van der Waals surface area contributed by atoms with Gasteiger partial charge in [-0.2, -0.15) is 4.98 Å². The molecule has 4 rings (SSSR count). The first-order valence-electron chi connectivity index (χ1n) is 9.48. The summed E-state index contributed by atoms with van der Waals surface area (Å²) in [4.78, 5) is 18.8. The van der Waals surface area contributed by atoms with Crippen LogP contribution in [0.3, 0.4) is 0 Å². The van der Waals surface area contributed by atoms with Crippen LogP contribution < -0.4 is 9.47 Å². The van der Waals surface area contributed by atoms with Crippen molar-refractivity contribution < 1.29 is 23.0 Å². The van der Waals surface area contributed by atoms with Crippen LogP contribution in [0.4, 0.5) is 8.78 Å². The first kappa shape index (κ1) is 19.6. The molecule has 1 amide bonds. The quantitative estimate of drug-likeness (QED) is 0.605. The number of piperidine rings is 1. The summed E-state index contributed by atoms with van der Waals surface area (Å²) in [5.74, 6) is -0.809. The van der Waals surface area contributed by atoms with Gasteiger partial charge in [0.25, 0.3) is 11.1 Å². The highest BCUT2D eigenvalue weighted by Gasteiger charge is 2.27. The molecule has 0 N–H and O–H groups in total. The number of nitrogens with zero attached hydrogens (tertiary/aromatic N) is 2. The van der Waals surface area contributed by atoms with Gasteiger partial charge in [-0.25, -0.2) is 8.78 Å². The molecule has 1 fully saturated rings. The first-order chi connectivity index (χ1) is 14.0. The Labute approximate surface area is 170 Å². The molecule has 3 aromatic rings. The van der Waals surface area contributed by atoms with Crippen LogP contribution >= 0.6 is 11.3 Å². The van der Waals surface area contributed by atoms with Crippen molar-refractivity contribution in [2.45, 2.75) is 25.9 Å². The Morgan fingerprint density at radius 1 is 1.24 bits per heavy atom. The van der Waals surface area contributed by atoms with E-state index in [1.54, 1.807) is 17.0 Å². The lowest BCUT2D eigenvalue weighted by Gasteiger charge is -2.32. The number of likely N-dealkylation sites (tertiary alicyclic amines) is 1. The molecule has 0 unspecified atom stereocenters. The van der Waals surface area contributed by atoms with Crippen molar-refractivity contribution in [3.8, 4) is 10.9 Å². The molecular weight excluding hydrogens is 398 g/mol. The maximum atomic E-state index is 13.8. The van der Waals surface area contributed by atoms with Crippen LogP contribution in [-0.2, 0) is 0 Å². The van der Waals surface area contributed by atoms with Crippen molar-refractivity contribution in [2.24, 2.45) is 0 Å². The highest BCUT2D eigenvalue weighted by atomic mass is 32.1. The summed E-state index contributed by atoms with van der Waals surface area (Å²) in [5, 5.41) is 0.316. The molecule has 1 aliphatic rings. The van der Waals surface area contributed by atoms with Gasteiger partial charge in [0.05, 0.1) is 16.9 Å². The van der Waals surface area contributed by atoms with E-state index >= 15 is 0 Å². The van der Waals surface area contributed by atoms with Gasteiger partial charge >= 0.3 is 0 Å². The number of para-hydroxylation sites is 1. The molecule has 2 heterocycles. The summed E-state index contributed by atoms with van der Waals surface area (Å²) >= 11 is 1.12. The smallest absolute Gasteiger partial charge is 0.274 e. The maximum Gasteiger partial charge on any atom is 0.274 e. The van der Waals surface area contributed by atoms with Gasteiger partial charge in [-0.15, -0.1) is 0 Å². The van der Waals surface area contributed by atoms with E-state index in [0.717, 1.165) is 17.4 Å². The van der Waals surface area contributed by atoms with Crippen molar-refractivity contribution in [1.29, 1.82) is 0 Å². The Morgan fingerprint density at radius 3 is 2.76 bits per heavy atom. The van der Waals surface area contributed by atoms with E-state index < -0.39 is 11.6 Å². The number of benzene rings is 2. The number of thiazole rings is 1. The average molecular weight is 418 g/mol. The monoisotopic (exact) mass is 418 g/mol. The van der Waals surface area contributed by atoms with Gasteiger partial charge in [0, 0.05) is 32.0 Å². The lowest BCUT2D eigenvalue weighted by molar-refractivity contribution is 0.0592. The Bertz CT molecular complexity index is 1030. The molecule has 1 aliphatic heterocycles. The summed E-state index contributed by atoms with van der Waals surface area (Å²) in [5.41, 5.74) is 0.670. The van der Waals surface area contributed by atoms with Gasteiger partial charge in [-0.05, 0) is 25.1 Å². The normalized spacial score (nSPS) is 14.9. The molecule has 2 aromatic carbocycles. The van der Waals surface area contributed by atoms with E-state index in [2.05, 4.69) is 4.98 Å². The third-order valence-electron chi connectivity index (χ3n) is 4.81. The van der Waals surface area contributed by atoms with Crippen LogP contribution in [0, 0.1) is 11.6 Å². The van der Waals surface area contributed by atoms with E-state index in [0.29, 0.717) is 53.7 Å². The third kappa shape index (κ3) is 4.17. The Balaban J connectivity index is 1.40. The summed E-state index contributed by atoms with van der Waals surface area (Å²) in [6.45, 7) is 3.45. The average Bonchev–Trinajstić information content (AvgIpc) is 3.11. The van der Waals surface area contributed by atoms with E-state index in [-0.39, 0.29) is 17.5 Å². The number of fused-ring (bicyclic) bond motifs is 1. The minimum atomic E-state index is -0.695. The summed E-state index contributed by atoms with van der Waals surface area (Å²) < 4.78 is 39.0. The van der Waals surface area contributed by atoms with E-state index in [1.807, 2.05) is 19.1 Å². The topological polar surface area (TPSA) is 51.7 Å². The van der Waals surface area contributed by atoms with E-state index in [9.17, 15) is 13.6 Å². The second-order valence-electron chi connectivity index (χ2n) is 6.75. The number of hydrogen-bond acceptors (Lipinski definition) is 5. The Kier molecular flexibility index (Phi) is 5.62. The fourth-order valence-corrected chi connectivity index (χ4v) is 4.32. The van der Waals surface area contributed by atoms with Crippen LogP contribution in [0.25, 0.3) is 10.2 Å². The largest absolute Gasteiger partial charge is 0.493 e. The SMILES string of the molecule is CCOc1ccccc1C(=O)N1CCC(Oc2nc3c(F)cc(F)cc3s2)CC1. The molecule has 5 nitrogen and oxygen atoms in total. The lowest BCUT2D eigenvalue weighted by Crippen LogP contribution is -2.41. The van der Waals surface area contributed by atoms with Gasteiger partial charge in [0.15, 0.2) is 5.82 Å². The van der Waals surface area contributed by atoms with Crippen LogP contribution in [-0.4, -0.2) is 41.6 Å². The van der Waals surface area contributed by atoms with Crippen LogP contribution in [0.2, 0.25) is 0 Å². The Hall–Kier alpha value is -2.74. The number of carbonyl (C=O) groups excluding carboxylic acids is 1. The fourth-order valence-electron chi connectivity index (χ4n) is 3.40. The fraction of sp³-hybridized carbons (Fsp3) is 0.333. The maximum absolute atomic E-state index is 13.8. The number of hydrogen-bond donors (Lipinski definition) is 0. The van der Waals surface area contributed by atoms with Gasteiger partial charge < -0.3 is 14.4 Å². The number of ether oxygens (including phenoxy) is 2. The van der Waals surface area contributed by atoms with Gasteiger partial charge in [0.1, 0.15) is 23.2 Å². The molecule has 8 heteroatoms. The highest BCUT2D eigenvalue weighted by molar-refractivity contribution is 7.20. The number of amides is 1. The molecule has 0 saturated carbocycles. The minimum absolute atomic E-state index is 0.0648. The van der Waals surface area contributed by atoms with Gasteiger partial charge in [-0.1, -0.05) is 23.5 Å². The summed E-state index contributed by atoms with van der Waals surface area (Å²) in [6, 6.07) is 9.29. The summed E-state index contributed by atoms with van der Waals surface area (Å²) in [7, 11) is 0. The minimum Gasteiger partial charge on any atom is -0.493 e. The first-order valence-corrected chi connectivity index (χ1v) is 10.3. The molecule has 0 spiro atoms. The zero-order valence-electron chi connectivity index (χ0n) is 15.9. The van der Waals surface area contributed by atoms with Crippen molar-refractivity contribution >= 4 is 27.5 Å². The van der Waals surface area contributed by atoms with Gasteiger partial charge in [-0.3, -0.25) is 4.79 Å². The second-order valence-corrected chi connectivity index (χ2v) is 7.75. The van der Waals surface area contributed by atoms with Crippen LogP contribution in [0.1, 0.15) is 30.1 Å². The molecule has 0 bridgehead atoms. The molecule has 1 saturated heterocycles. The summed E-state index contributed by atoms with van der Waals surface area (Å²) in [6.07, 6.45) is 1.14. The van der Waals surface area contributed by atoms with Crippen LogP contribution in [0.15, 0.2) is 36.4 Å². The van der Waals surface area contributed by atoms with Gasteiger partial charge in [0.2, 0.25) is 0 Å².